The number of benzene rings is 3. The lowest BCUT2D eigenvalue weighted by molar-refractivity contribution is -0.384. The van der Waals surface area contributed by atoms with Crippen molar-refractivity contribution in [3.05, 3.63) is 110 Å². The number of hydrogen-bond acceptors (Lipinski definition) is 6. The molecule has 8 nitrogen and oxygen atoms in total. The molecular formula is C34H36N4O4S. The molecule has 1 saturated carbocycles. The van der Waals surface area contributed by atoms with Crippen LogP contribution in [0.4, 0.5) is 11.4 Å². The lowest BCUT2D eigenvalue weighted by Gasteiger charge is -2.44. The predicted octanol–water partition coefficient (Wildman–Crippen LogP) is 6.29. The van der Waals surface area contributed by atoms with Crippen LogP contribution < -0.4 is 4.90 Å². The van der Waals surface area contributed by atoms with Crippen molar-refractivity contribution in [3.8, 4) is 0 Å². The minimum absolute atomic E-state index is 0.0138. The van der Waals surface area contributed by atoms with Crippen molar-refractivity contribution in [2.45, 2.75) is 50.4 Å². The number of piperazine rings is 1. The SMILES string of the molecule is Cc1ccccc1CN1C(=O)/C(=C\c2ccc(C(=O)N3CCN(c4ccc([N+](=O)[O-])cc4)CC3)cc2)SC2CCCCC21. The second-order valence-corrected chi connectivity index (χ2v) is 12.8. The molecule has 2 heterocycles. The first kappa shape index (κ1) is 29.0. The summed E-state index contributed by atoms with van der Waals surface area (Å²) in [5.74, 6) is 0.0857. The summed E-state index contributed by atoms with van der Waals surface area (Å²) < 4.78 is 0. The zero-order valence-corrected chi connectivity index (χ0v) is 25.2. The van der Waals surface area contributed by atoms with Crippen molar-refractivity contribution in [1.82, 2.24) is 9.80 Å². The summed E-state index contributed by atoms with van der Waals surface area (Å²) in [6.07, 6.45) is 6.53. The van der Waals surface area contributed by atoms with Crippen LogP contribution in [0, 0.1) is 17.0 Å². The van der Waals surface area contributed by atoms with Crippen LogP contribution in [0.15, 0.2) is 77.7 Å². The molecule has 43 heavy (non-hydrogen) atoms. The fraction of sp³-hybridized carbons (Fsp3) is 0.353. The van der Waals surface area contributed by atoms with Gasteiger partial charge in [-0.15, -0.1) is 11.8 Å². The molecule has 0 N–H and O–H groups in total. The van der Waals surface area contributed by atoms with E-state index in [2.05, 4.69) is 28.9 Å². The van der Waals surface area contributed by atoms with Gasteiger partial charge in [-0.25, -0.2) is 0 Å². The number of nitrogens with zero attached hydrogens (tertiary/aromatic N) is 4. The molecule has 1 aliphatic carbocycles. The molecule has 6 rings (SSSR count). The number of hydrogen-bond donors (Lipinski definition) is 0. The lowest BCUT2D eigenvalue weighted by atomic mass is 9.92. The number of nitro groups is 1. The number of fused-ring (bicyclic) bond motifs is 1. The number of nitro benzene ring substituents is 1. The third-order valence-corrected chi connectivity index (χ3v) is 10.3. The molecule has 2 aliphatic heterocycles. The minimum Gasteiger partial charge on any atom is -0.368 e. The minimum atomic E-state index is -0.401. The summed E-state index contributed by atoms with van der Waals surface area (Å²) in [6.45, 7) is 5.21. The summed E-state index contributed by atoms with van der Waals surface area (Å²) in [6, 6.07) is 22.7. The van der Waals surface area contributed by atoms with Crippen molar-refractivity contribution >= 4 is 41.0 Å². The van der Waals surface area contributed by atoms with Gasteiger partial charge in [-0.3, -0.25) is 19.7 Å². The van der Waals surface area contributed by atoms with E-state index in [0.29, 0.717) is 43.5 Å². The smallest absolute Gasteiger partial charge is 0.269 e. The summed E-state index contributed by atoms with van der Waals surface area (Å²) in [4.78, 5) is 44.5. The molecule has 0 radical (unpaired) electrons. The molecule has 0 bridgehead atoms. The van der Waals surface area contributed by atoms with Crippen LogP contribution in [0.2, 0.25) is 0 Å². The van der Waals surface area contributed by atoms with Crippen LogP contribution in [0.1, 0.15) is 52.7 Å². The highest BCUT2D eigenvalue weighted by molar-refractivity contribution is 8.04. The Balaban J connectivity index is 1.12. The van der Waals surface area contributed by atoms with Gasteiger partial charge in [-0.1, -0.05) is 49.2 Å². The number of amides is 2. The van der Waals surface area contributed by atoms with E-state index in [1.165, 1.54) is 36.1 Å². The van der Waals surface area contributed by atoms with Gasteiger partial charge in [0.15, 0.2) is 0 Å². The van der Waals surface area contributed by atoms with Gasteiger partial charge in [0.1, 0.15) is 0 Å². The van der Waals surface area contributed by atoms with Gasteiger partial charge in [0.2, 0.25) is 0 Å². The van der Waals surface area contributed by atoms with Crippen LogP contribution in [-0.2, 0) is 11.3 Å². The summed E-state index contributed by atoms with van der Waals surface area (Å²) in [7, 11) is 0. The number of non-ortho nitro benzene ring substituents is 1. The molecule has 3 aliphatic rings. The number of aryl methyl sites for hydroxylation is 1. The van der Waals surface area contributed by atoms with Crippen LogP contribution >= 0.6 is 11.8 Å². The topological polar surface area (TPSA) is 87.0 Å². The van der Waals surface area contributed by atoms with Crippen LogP contribution in [0.5, 0.6) is 0 Å². The quantitative estimate of drug-likeness (QED) is 0.189. The van der Waals surface area contributed by atoms with Crippen LogP contribution in [-0.4, -0.2) is 64.0 Å². The number of rotatable bonds is 6. The largest absolute Gasteiger partial charge is 0.368 e. The molecule has 2 unspecified atom stereocenters. The number of carbonyl (C=O) groups excluding carboxylic acids is 2. The zero-order valence-electron chi connectivity index (χ0n) is 24.4. The van der Waals surface area contributed by atoms with Gasteiger partial charge >= 0.3 is 0 Å². The first-order valence-electron chi connectivity index (χ1n) is 15.0. The molecular weight excluding hydrogens is 560 g/mol. The van der Waals surface area contributed by atoms with Gasteiger partial charge in [-0.2, -0.15) is 0 Å². The average Bonchev–Trinajstić information content (AvgIpc) is 3.04. The van der Waals surface area contributed by atoms with E-state index >= 15 is 0 Å². The van der Waals surface area contributed by atoms with E-state index in [1.54, 1.807) is 23.9 Å². The molecule has 2 amide bonds. The fourth-order valence-electron chi connectivity index (χ4n) is 6.34. The summed E-state index contributed by atoms with van der Waals surface area (Å²) in [5, 5.41) is 11.3. The van der Waals surface area contributed by atoms with Crippen molar-refractivity contribution in [2.24, 2.45) is 0 Å². The van der Waals surface area contributed by atoms with Gasteiger partial charge in [0.05, 0.1) is 9.83 Å². The van der Waals surface area contributed by atoms with Crippen molar-refractivity contribution < 1.29 is 14.5 Å². The normalized spacial score (nSPS) is 21.6. The third-order valence-electron chi connectivity index (χ3n) is 8.87. The van der Waals surface area contributed by atoms with E-state index in [4.69, 9.17) is 0 Å². The van der Waals surface area contributed by atoms with Gasteiger partial charge in [0, 0.05) is 67.4 Å². The maximum Gasteiger partial charge on any atom is 0.269 e. The predicted molar refractivity (Wildman–Crippen MR) is 171 cm³/mol. The molecule has 3 aromatic rings. The van der Waals surface area contributed by atoms with E-state index < -0.39 is 4.92 Å². The second-order valence-electron chi connectivity index (χ2n) is 11.6. The Bertz CT molecular complexity index is 1530. The third kappa shape index (κ3) is 6.32. The average molecular weight is 597 g/mol. The monoisotopic (exact) mass is 596 g/mol. The Morgan fingerprint density at radius 3 is 2.35 bits per heavy atom. The second kappa shape index (κ2) is 12.6. The van der Waals surface area contributed by atoms with E-state index in [1.807, 2.05) is 47.4 Å². The molecule has 0 spiro atoms. The summed E-state index contributed by atoms with van der Waals surface area (Å²) >= 11 is 1.73. The standard InChI is InChI=1S/C34H36N4O4S/c1-24-6-2-3-7-27(24)23-37-30-8-4-5-9-31(30)43-32(34(37)40)22-25-10-12-26(13-11-25)33(39)36-20-18-35(19-21-36)28-14-16-29(17-15-28)38(41)42/h2-3,6-7,10-17,22,30-31H,4-5,8-9,18-21,23H2,1H3/b32-22+. The Morgan fingerprint density at radius 2 is 1.65 bits per heavy atom. The maximum absolute atomic E-state index is 13.8. The first-order valence-corrected chi connectivity index (χ1v) is 15.9. The number of thioether (sulfide) groups is 1. The highest BCUT2D eigenvalue weighted by Gasteiger charge is 2.40. The van der Waals surface area contributed by atoms with Gasteiger partial charge in [-0.05, 0) is 66.8 Å². The first-order chi connectivity index (χ1) is 20.9. The number of carbonyl (C=O) groups is 2. The molecule has 0 aromatic heterocycles. The Morgan fingerprint density at radius 1 is 0.953 bits per heavy atom. The highest BCUT2D eigenvalue weighted by Crippen LogP contribution is 2.43. The van der Waals surface area contributed by atoms with E-state index in [0.717, 1.165) is 29.0 Å². The Labute approximate surface area is 256 Å². The number of anilines is 1. The van der Waals surface area contributed by atoms with E-state index in [9.17, 15) is 19.7 Å². The van der Waals surface area contributed by atoms with Crippen LogP contribution in [0.3, 0.4) is 0 Å². The Hall–Kier alpha value is -4.11. The molecule has 222 valence electrons. The van der Waals surface area contributed by atoms with E-state index in [-0.39, 0.29) is 23.5 Å². The zero-order chi connectivity index (χ0) is 29.9. The Kier molecular flexibility index (Phi) is 8.51. The van der Waals surface area contributed by atoms with Gasteiger partial charge < -0.3 is 14.7 Å². The molecule has 3 aromatic carbocycles. The lowest BCUT2D eigenvalue weighted by Crippen LogP contribution is -2.50. The van der Waals surface area contributed by atoms with Crippen LogP contribution in [0.25, 0.3) is 6.08 Å². The van der Waals surface area contributed by atoms with Gasteiger partial charge in [0.25, 0.3) is 17.5 Å². The molecule has 9 heteroatoms. The van der Waals surface area contributed by atoms with Crippen molar-refractivity contribution in [2.75, 3.05) is 31.1 Å². The molecule has 2 atom stereocenters. The molecule has 2 saturated heterocycles. The highest BCUT2D eigenvalue weighted by atomic mass is 32.2. The van der Waals surface area contributed by atoms with Crippen molar-refractivity contribution in [1.29, 1.82) is 0 Å². The maximum atomic E-state index is 13.8. The summed E-state index contributed by atoms with van der Waals surface area (Å²) in [5.41, 5.74) is 4.94. The van der Waals surface area contributed by atoms with Crippen molar-refractivity contribution in [3.63, 3.8) is 0 Å². The fourth-order valence-corrected chi connectivity index (χ4v) is 7.81. The molecule has 3 fully saturated rings.